The van der Waals surface area contributed by atoms with Crippen LogP contribution >= 0.6 is 11.6 Å². The molecule has 2 heteroatoms. The van der Waals surface area contributed by atoms with E-state index in [2.05, 4.69) is 32.0 Å². The van der Waals surface area contributed by atoms with Gasteiger partial charge in [-0.1, -0.05) is 41.9 Å². The third-order valence-corrected chi connectivity index (χ3v) is 3.58. The van der Waals surface area contributed by atoms with Crippen molar-refractivity contribution in [2.45, 2.75) is 26.3 Å². The van der Waals surface area contributed by atoms with E-state index in [1.165, 1.54) is 16.7 Å². The van der Waals surface area contributed by atoms with E-state index >= 15 is 0 Å². The Morgan fingerprint density at radius 2 is 1.67 bits per heavy atom. The number of aryl methyl sites for hydroxylation is 2. The quantitative estimate of drug-likeness (QED) is 0.878. The molecule has 2 aromatic carbocycles. The standard InChI is InChI=1S/C16H18ClN/c1-11-3-4-13(9-12(11)2)10-16(18)14-5-7-15(17)8-6-14/h3-9,16H,10,18H2,1-2H3. The van der Waals surface area contributed by atoms with Crippen molar-refractivity contribution in [1.82, 2.24) is 0 Å². The minimum atomic E-state index is 0.0179. The van der Waals surface area contributed by atoms with Crippen molar-refractivity contribution < 1.29 is 0 Å². The van der Waals surface area contributed by atoms with Crippen LogP contribution in [0.2, 0.25) is 5.02 Å². The number of hydrogen-bond acceptors (Lipinski definition) is 1. The molecule has 1 unspecified atom stereocenters. The summed E-state index contributed by atoms with van der Waals surface area (Å²) in [7, 11) is 0. The van der Waals surface area contributed by atoms with Gasteiger partial charge in [0.25, 0.3) is 0 Å². The summed E-state index contributed by atoms with van der Waals surface area (Å²) in [6.07, 6.45) is 0.850. The zero-order chi connectivity index (χ0) is 13.1. The van der Waals surface area contributed by atoms with Gasteiger partial charge in [-0.2, -0.15) is 0 Å². The highest BCUT2D eigenvalue weighted by atomic mass is 35.5. The Kier molecular flexibility index (Phi) is 4.05. The molecule has 0 fully saturated rings. The molecule has 94 valence electrons. The summed E-state index contributed by atoms with van der Waals surface area (Å²) in [5, 5.41) is 0.747. The number of hydrogen-bond donors (Lipinski definition) is 1. The number of benzene rings is 2. The molecule has 0 heterocycles. The van der Waals surface area contributed by atoms with Gasteiger partial charge >= 0.3 is 0 Å². The van der Waals surface area contributed by atoms with E-state index in [1.54, 1.807) is 0 Å². The van der Waals surface area contributed by atoms with Gasteiger partial charge in [0.05, 0.1) is 0 Å². The minimum absolute atomic E-state index is 0.0179. The van der Waals surface area contributed by atoms with Crippen molar-refractivity contribution in [2.75, 3.05) is 0 Å². The van der Waals surface area contributed by atoms with Crippen LogP contribution in [0.1, 0.15) is 28.3 Å². The van der Waals surface area contributed by atoms with Crippen LogP contribution in [0, 0.1) is 13.8 Å². The molecule has 18 heavy (non-hydrogen) atoms. The highest BCUT2D eigenvalue weighted by Gasteiger charge is 2.07. The third-order valence-electron chi connectivity index (χ3n) is 3.33. The van der Waals surface area contributed by atoms with Gasteiger partial charge in [-0.3, -0.25) is 0 Å². The molecule has 0 saturated heterocycles. The van der Waals surface area contributed by atoms with Crippen LogP contribution in [0.4, 0.5) is 0 Å². The van der Waals surface area contributed by atoms with Crippen LogP contribution in [0.15, 0.2) is 42.5 Å². The van der Waals surface area contributed by atoms with Gasteiger partial charge in [-0.05, 0) is 54.7 Å². The lowest BCUT2D eigenvalue weighted by molar-refractivity contribution is 0.721. The molecular formula is C16H18ClN. The monoisotopic (exact) mass is 259 g/mol. The molecule has 0 amide bonds. The van der Waals surface area contributed by atoms with Crippen molar-refractivity contribution in [1.29, 1.82) is 0 Å². The maximum absolute atomic E-state index is 6.22. The summed E-state index contributed by atoms with van der Waals surface area (Å²) in [6, 6.07) is 14.3. The van der Waals surface area contributed by atoms with E-state index in [0.717, 1.165) is 17.0 Å². The van der Waals surface area contributed by atoms with Crippen molar-refractivity contribution in [3.63, 3.8) is 0 Å². The first-order valence-electron chi connectivity index (χ1n) is 6.13. The third kappa shape index (κ3) is 3.12. The fraction of sp³-hybridized carbons (Fsp3) is 0.250. The second-order valence-corrected chi connectivity index (χ2v) is 5.22. The Bertz CT molecular complexity index is 531. The average Bonchev–Trinajstić information content (AvgIpc) is 2.34. The Labute approximate surface area is 114 Å². The Morgan fingerprint density at radius 1 is 1.00 bits per heavy atom. The predicted octanol–water partition coefficient (Wildman–Crippen LogP) is 4.20. The number of nitrogens with two attached hydrogens (primary N) is 1. The number of halogens is 1. The van der Waals surface area contributed by atoms with Crippen molar-refractivity contribution in [2.24, 2.45) is 5.73 Å². The first kappa shape index (κ1) is 13.1. The van der Waals surface area contributed by atoms with Crippen molar-refractivity contribution in [3.05, 3.63) is 69.7 Å². The van der Waals surface area contributed by atoms with Gasteiger partial charge in [0, 0.05) is 11.1 Å². The van der Waals surface area contributed by atoms with E-state index in [1.807, 2.05) is 24.3 Å². The minimum Gasteiger partial charge on any atom is -0.324 e. The Morgan fingerprint density at radius 3 is 2.28 bits per heavy atom. The Hall–Kier alpha value is -1.31. The molecule has 2 rings (SSSR count). The van der Waals surface area contributed by atoms with E-state index in [0.29, 0.717) is 0 Å². The second kappa shape index (κ2) is 5.55. The maximum Gasteiger partial charge on any atom is 0.0406 e. The molecule has 2 aromatic rings. The smallest absolute Gasteiger partial charge is 0.0406 e. The average molecular weight is 260 g/mol. The highest BCUT2D eigenvalue weighted by molar-refractivity contribution is 6.30. The number of rotatable bonds is 3. The molecule has 0 spiro atoms. The van der Waals surface area contributed by atoms with Crippen LogP contribution in [-0.2, 0) is 6.42 Å². The van der Waals surface area contributed by atoms with Crippen molar-refractivity contribution >= 4 is 11.6 Å². The van der Waals surface area contributed by atoms with Crippen LogP contribution in [0.5, 0.6) is 0 Å². The van der Waals surface area contributed by atoms with E-state index in [4.69, 9.17) is 17.3 Å². The van der Waals surface area contributed by atoms with Gasteiger partial charge in [0.1, 0.15) is 0 Å². The normalized spacial score (nSPS) is 12.4. The van der Waals surface area contributed by atoms with E-state index in [9.17, 15) is 0 Å². The van der Waals surface area contributed by atoms with Crippen LogP contribution in [0.3, 0.4) is 0 Å². The lowest BCUT2D eigenvalue weighted by Gasteiger charge is -2.13. The van der Waals surface area contributed by atoms with Gasteiger partial charge in [-0.25, -0.2) is 0 Å². The summed E-state index contributed by atoms with van der Waals surface area (Å²) >= 11 is 5.87. The predicted molar refractivity (Wildman–Crippen MR) is 78.0 cm³/mol. The lowest BCUT2D eigenvalue weighted by atomic mass is 9.97. The maximum atomic E-state index is 6.22. The van der Waals surface area contributed by atoms with Gasteiger partial charge in [0.2, 0.25) is 0 Å². The topological polar surface area (TPSA) is 26.0 Å². The Balaban J connectivity index is 2.13. The summed E-state index contributed by atoms with van der Waals surface area (Å²) in [4.78, 5) is 0. The molecule has 1 nitrogen and oxygen atoms in total. The van der Waals surface area contributed by atoms with Gasteiger partial charge < -0.3 is 5.73 Å². The van der Waals surface area contributed by atoms with Crippen LogP contribution in [0.25, 0.3) is 0 Å². The molecule has 0 saturated carbocycles. The summed E-state index contributed by atoms with van der Waals surface area (Å²) in [5.41, 5.74) is 11.3. The van der Waals surface area contributed by atoms with E-state index < -0.39 is 0 Å². The second-order valence-electron chi connectivity index (χ2n) is 4.78. The van der Waals surface area contributed by atoms with Crippen molar-refractivity contribution in [3.8, 4) is 0 Å². The zero-order valence-corrected chi connectivity index (χ0v) is 11.5. The van der Waals surface area contributed by atoms with Gasteiger partial charge in [0.15, 0.2) is 0 Å². The summed E-state index contributed by atoms with van der Waals surface area (Å²) < 4.78 is 0. The molecular weight excluding hydrogens is 242 g/mol. The molecule has 0 aromatic heterocycles. The van der Waals surface area contributed by atoms with E-state index in [-0.39, 0.29) is 6.04 Å². The summed E-state index contributed by atoms with van der Waals surface area (Å²) in [5.74, 6) is 0. The fourth-order valence-electron chi connectivity index (χ4n) is 2.01. The first-order valence-corrected chi connectivity index (χ1v) is 6.51. The van der Waals surface area contributed by atoms with Crippen LogP contribution in [-0.4, -0.2) is 0 Å². The molecule has 0 radical (unpaired) electrons. The van der Waals surface area contributed by atoms with Gasteiger partial charge in [-0.15, -0.1) is 0 Å². The molecule has 0 aliphatic heterocycles. The lowest BCUT2D eigenvalue weighted by Crippen LogP contribution is -2.13. The highest BCUT2D eigenvalue weighted by Crippen LogP contribution is 2.20. The molecule has 0 bridgehead atoms. The first-order chi connectivity index (χ1) is 8.56. The zero-order valence-electron chi connectivity index (χ0n) is 10.8. The molecule has 1 atom stereocenters. The van der Waals surface area contributed by atoms with Crippen LogP contribution < -0.4 is 5.73 Å². The largest absolute Gasteiger partial charge is 0.324 e. The molecule has 0 aliphatic carbocycles. The SMILES string of the molecule is Cc1ccc(CC(N)c2ccc(Cl)cc2)cc1C. The fourth-order valence-corrected chi connectivity index (χ4v) is 2.14. The summed E-state index contributed by atoms with van der Waals surface area (Å²) in [6.45, 7) is 4.25. The molecule has 0 aliphatic rings. The molecule has 2 N–H and O–H groups in total.